The summed E-state index contributed by atoms with van der Waals surface area (Å²) in [5.41, 5.74) is 2.38. The Morgan fingerprint density at radius 2 is 2.13 bits per heavy atom. The molecule has 2 heterocycles. The molecule has 0 bridgehead atoms. The van der Waals surface area contributed by atoms with Crippen LogP contribution in [0.2, 0.25) is 0 Å². The number of amides is 1. The summed E-state index contributed by atoms with van der Waals surface area (Å²) in [5, 5.41) is 7.26. The van der Waals surface area contributed by atoms with Gasteiger partial charge in [-0.05, 0) is 25.1 Å². The van der Waals surface area contributed by atoms with Crippen LogP contribution in [0.1, 0.15) is 16.1 Å². The van der Waals surface area contributed by atoms with E-state index in [9.17, 15) is 4.79 Å². The van der Waals surface area contributed by atoms with Gasteiger partial charge in [0, 0.05) is 54.8 Å². The van der Waals surface area contributed by atoms with E-state index < -0.39 is 0 Å². The fraction of sp³-hybridized carbons (Fsp3) is 0.412. The van der Waals surface area contributed by atoms with Gasteiger partial charge in [0.25, 0.3) is 5.91 Å². The minimum Gasteiger partial charge on any atom is -0.351 e. The molecule has 0 spiro atoms. The Morgan fingerprint density at radius 1 is 1.35 bits per heavy atom. The molecule has 122 valence electrons. The van der Waals surface area contributed by atoms with Crippen LogP contribution in [0.25, 0.3) is 10.9 Å². The van der Waals surface area contributed by atoms with Gasteiger partial charge in [-0.2, -0.15) is 0 Å². The first kappa shape index (κ1) is 16.4. The normalized spacial score (nSPS) is 15.7. The van der Waals surface area contributed by atoms with Crippen molar-refractivity contribution in [2.75, 3.05) is 39.3 Å². The standard InChI is InChI=1S/C17H21BrN4O/c1-12-10-15(14-3-2-13(18)11-16(14)21-12)17(23)20-6-9-22-7-4-19-5-8-22/h2-3,10-11,19H,4-9H2,1H3,(H,20,23). The lowest BCUT2D eigenvalue weighted by molar-refractivity contribution is 0.0949. The van der Waals surface area contributed by atoms with Crippen LogP contribution in [0, 0.1) is 6.92 Å². The molecule has 1 fully saturated rings. The highest BCUT2D eigenvalue weighted by atomic mass is 79.9. The topological polar surface area (TPSA) is 57.3 Å². The summed E-state index contributed by atoms with van der Waals surface area (Å²) in [6, 6.07) is 7.68. The van der Waals surface area contributed by atoms with Crippen molar-refractivity contribution in [2.45, 2.75) is 6.92 Å². The second kappa shape index (κ2) is 7.38. The van der Waals surface area contributed by atoms with E-state index in [-0.39, 0.29) is 5.91 Å². The molecule has 0 aliphatic carbocycles. The van der Waals surface area contributed by atoms with Crippen molar-refractivity contribution in [3.63, 3.8) is 0 Å². The number of nitrogens with zero attached hydrogens (tertiary/aromatic N) is 2. The Balaban J connectivity index is 1.70. The number of pyridine rings is 1. The van der Waals surface area contributed by atoms with Gasteiger partial charge in [-0.25, -0.2) is 0 Å². The summed E-state index contributed by atoms with van der Waals surface area (Å²) >= 11 is 3.45. The second-order valence-electron chi connectivity index (χ2n) is 5.82. The summed E-state index contributed by atoms with van der Waals surface area (Å²) in [4.78, 5) is 19.4. The van der Waals surface area contributed by atoms with Gasteiger partial charge in [-0.1, -0.05) is 22.0 Å². The highest BCUT2D eigenvalue weighted by Gasteiger charge is 2.13. The molecular weight excluding hydrogens is 356 g/mol. The summed E-state index contributed by atoms with van der Waals surface area (Å²) in [6.45, 7) is 7.60. The summed E-state index contributed by atoms with van der Waals surface area (Å²) in [6.07, 6.45) is 0. The fourth-order valence-electron chi connectivity index (χ4n) is 2.88. The molecule has 0 atom stereocenters. The van der Waals surface area contributed by atoms with Gasteiger partial charge in [-0.15, -0.1) is 0 Å². The van der Waals surface area contributed by atoms with E-state index in [1.165, 1.54) is 0 Å². The lowest BCUT2D eigenvalue weighted by Gasteiger charge is -2.27. The van der Waals surface area contributed by atoms with Crippen LogP contribution in [0.3, 0.4) is 0 Å². The van der Waals surface area contributed by atoms with Crippen LogP contribution in [-0.4, -0.2) is 55.1 Å². The number of carbonyl (C=O) groups excluding carboxylic acids is 1. The predicted molar refractivity (Wildman–Crippen MR) is 95.8 cm³/mol. The molecule has 0 saturated carbocycles. The molecule has 1 aromatic carbocycles. The van der Waals surface area contributed by atoms with Crippen LogP contribution in [0.15, 0.2) is 28.7 Å². The van der Waals surface area contributed by atoms with Crippen molar-refractivity contribution >= 4 is 32.7 Å². The number of nitrogens with one attached hydrogen (secondary N) is 2. The number of benzene rings is 1. The van der Waals surface area contributed by atoms with E-state index in [4.69, 9.17) is 0 Å². The molecule has 3 rings (SSSR count). The number of aromatic nitrogens is 1. The Labute approximate surface area is 144 Å². The molecule has 1 aliphatic heterocycles. The molecule has 1 aliphatic rings. The molecule has 23 heavy (non-hydrogen) atoms. The van der Waals surface area contributed by atoms with E-state index in [2.05, 4.69) is 36.4 Å². The smallest absolute Gasteiger partial charge is 0.252 e. The van der Waals surface area contributed by atoms with Gasteiger partial charge < -0.3 is 10.6 Å². The molecule has 0 radical (unpaired) electrons. The average Bonchev–Trinajstić information content (AvgIpc) is 2.54. The molecular formula is C17H21BrN4O. The second-order valence-corrected chi connectivity index (χ2v) is 6.74. The molecule has 1 aromatic heterocycles. The summed E-state index contributed by atoms with van der Waals surface area (Å²) in [7, 11) is 0. The quantitative estimate of drug-likeness (QED) is 0.855. The first-order valence-corrected chi connectivity index (χ1v) is 8.71. The zero-order chi connectivity index (χ0) is 16.2. The van der Waals surface area contributed by atoms with Crippen molar-refractivity contribution in [2.24, 2.45) is 0 Å². The number of hydrogen-bond donors (Lipinski definition) is 2. The summed E-state index contributed by atoms with van der Waals surface area (Å²) in [5.74, 6) is -0.0297. The average molecular weight is 377 g/mol. The highest BCUT2D eigenvalue weighted by Crippen LogP contribution is 2.22. The Bertz CT molecular complexity index is 708. The third-order valence-corrected chi connectivity index (χ3v) is 4.56. The van der Waals surface area contributed by atoms with E-state index in [1.54, 1.807) is 0 Å². The van der Waals surface area contributed by atoms with Crippen LogP contribution in [-0.2, 0) is 0 Å². The van der Waals surface area contributed by atoms with Gasteiger partial charge >= 0.3 is 0 Å². The minimum atomic E-state index is -0.0297. The number of halogens is 1. The largest absolute Gasteiger partial charge is 0.351 e. The zero-order valence-electron chi connectivity index (χ0n) is 13.2. The maximum atomic E-state index is 12.6. The Morgan fingerprint density at radius 3 is 2.91 bits per heavy atom. The van der Waals surface area contributed by atoms with Gasteiger partial charge in [0.1, 0.15) is 0 Å². The van der Waals surface area contributed by atoms with Crippen LogP contribution < -0.4 is 10.6 Å². The first-order valence-electron chi connectivity index (χ1n) is 7.92. The van der Waals surface area contributed by atoms with Crippen molar-refractivity contribution in [3.05, 3.63) is 40.0 Å². The van der Waals surface area contributed by atoms with Crippen molar-refractivity contribution in [3.8, 4) is 0 Å². The number of hydrogen-bond acceptors (Lipinski definition) is 4. The van der Waals surface area contributed by atoms with Gasteiger partial charge in [0.05, 0.1) is 11.1 Å². The lowest BCUT2D eigenvalue weighted by atomic mass is 10.1. The van der Waals surface area contributed by atoms with Gasteiger partial charge in [0.15, 0.2) is 0 Å². The Hall–Kier alpha value is -1.50. The predicted octanol–water partition coefficient (Wildman–Crippen LogP) is 1.94. The SMILES string of the molecule is Cc1cc(C(=O)NCCN2CCNCC2)c2ccc(Br)cc2n1. The van der Waals surface area contributed by atoms with Crippen LogP contribution in [0.5, 0.6) is 0 Å². The summed E-state index contributed by atoms with van der Waals surface area (Å²) < 4.78 is 0.966. The van der Waals surface area contributed by atoms with Crippen molar-refractivity contribution in [1.82, 2.24) is 20.5 Å². The monoisotopic (exact) mass is 376 g/mol. The highest BCUT2D eigenvalue weighted by molar-refractivity contribution is 9.10. The van der Waals surface area contributed by atoms with E-state index >= 15 is 0 Å². The van der Waals surface area contributed by atoms with Crippen molar-refractivity contribution < 1.29 is 4.79 Å². The number of carbonyl (C=O) groups is 1. The number of rotatable bonds is 4. The third-order valence-electron chi connectivity index (χ3n) is 4.07. The Kier molecular flexibility index (Phi) is 5.25. The molecule has 5 nitrogen and oxygen atoms in total. The number of fused-ring (bicyclic) bond motifs is 1. The minimum absolute atomic E-state index is 0.0297. The molecule has 1 saturated heterocycles. The number of aryl methyl sites for hydroxylation is 1. The third kappa shape index (κ3) is 4.07. The zero-order valence-corrected chi connectivity index (χ0v) is 14.8. The molecule has 2 aromatic rings. The molecule has 0 unspecified atom stereocenters. The fourth-order valence-corrected chi connectivity index (χ4v) is 3.23. The number of piperazine rings is 1. The lowest BCUT2D eigenvalue weighted by Crippen LogP contribution is -2.46. The van der Waals surface area contributed by atoms with Gasteiger partial charge in [0.2, 0.25) is 0 Å². The molecule has 1 amide bonds. The van der Waals surface area contributed by atoms with Gasteiger partial charge in [-0.3, -0.25) is 14.7 Å². The van der Waals surface area contributed by atoms with E-state index in [1.807, 2.05) is 31.2 Å². The molecule has 6 heteroatoms. The molecule has 2 N–H and O–H groups in total. The van der Waals surface area contributed by atoms with E-state index in [0.717, 1.165) is 53.8 Å². The maximum absolute atomic E-state index is 12.6. The van der Waals surface area contributed by atoms with E-state index in [0.29, 0.717) is 12.1 Å². The van der Waals surface area contributed by atoms with Crippen molar-refractivity contribution in [1.29, 1.82) is 0 Å². The van der Waals surface area contributed by atoms with Crippen LogP contribution in [0.4, 0.5) is 0 Å². The maximum Gasteiger partial charge on any atom is 0.252 e. The first-order chi connectivity index (χ1) is 11.1. The van der Waals surface area contributed by atoms with Crippen LogP contribution >= 0.6 is 15.9 Å².